The molecule has 0 aliphatic carbocycles. The molecule has 0 radical (unpaired) electrons. The fourth-order valence-corrected chi connectivity index (χ4v) is 3.29. The van der Waals surface area contributed by atoms with Crippen molar-refractivity contribution in [1.29, 1.82) is 0 Å². The minimum absolute atomic E-state index is 0.197. The van der Waals surface area contributed by atoms with Crippen molar-refractivity contribution in [2.45, 2.75) is 25.4 Å². The fourth-order valence-electron chi connectivity index (χ4n) is 3.29. The summed E-state index contributed by atoms with van der Waals surface area (Å²) >= 11 is 0. The van der Waals surface area contributed by atoms with Crippen LogP contribution in [0, 0.1) is 5.82 Å². The molecule has 3 heterocycles. The SMILES string of the molecule is Cn1ncnc1CN1CCCC1c1ncc(-c2ccccc2F)[nH]1. The highest BCUT2D eigenvalue weighted by molar-refractivity contribution is 5.59. The number of aromatic nitrogens is 5. The molecule has 1 saturated heterocycles. The third-order valence-electron chi connectivity index (χ3n) is 4.59. The molecule has 0 spiro atoms. The average molecular weight is 326 g/mol. The van der Waals surface area contributed by atoms with Gasteiger partial charge in [-0.3, -0.25) is 9.58 Å². The number of hydrogen-bond acceptors (Lipinski definition) is 4. The van der Waals surface area contributed by atoms with Crippen LogP contribution in [-0.4, -0.2) is 36.2 Å². The van der Waals surface area contributed by atoms with Gasteiger partial charge in [-0.1, -0.05) is 12.1 Å². The highest BCUT2D eigenvalue weighted by atomic mass is 19.1. The van der Waals surface area contributed by atoms with Gasteiger partial charge in [0.2, 0.25) is 0 Å². The van der Waals surface area contributed by atoms with Gasteiger partial charge in [0.15, 0.2) is 0 Å². The van der Waals surface area contributed by atoms with Crippen LogP contribution >= 0.6 is 0 Å². The van der Waals surface area contributed by atoms with Crippen LogP contribution < -0.4 is 0 Å². The first-order valence-electron chi connectivity index (χ1n) is 8.09. The van der Waals surface area contributed by atoms with Crippen LogP contribution in [0.5, 0.6) is 0 Å². The molecule has 2 aromatic heterocycles. The van der Waals surface area contributed by atoms with Gasteiger partial charge in [-0.05, 0) is 31.5 Å². The molecule has 6 nitrogen and oxygen atoms in total. The summed E-state index contributed by atoms with van der Waals surface area (Å²) in [7, 11) is 1.90. The van der Waals surface area contributed by atoms with Crippen LogP contribution in [0.25, 0.3) is 11.3 Å². The Morgan fingerprint density at radius 3 is 2.96 bits per heavy atom. The molecule has 3 aromatic rings. The molecule has 0 amide bonds. The predicted molar refractivity (Wildman–Crippen MR) is 87.4 cm³/mol. The van der Waals surface area contributed by atoms with E-state index in [2.05, 4.69) is 25.0 Å². The zero-order chi connectivity index (χ0) is 16.5. The number of hydrogen-bond donors (Lipinski definition) is 1. The maximum atomic E-state index is 14.0. The number of nitrogens with zero attached hydrogens (tertiary/aromatic N) is 5. The molecule has 7 heteroatoms. The van der Waals surface area contributed by atoms with E-state index < -0.39 is 0 Å². The van der Waals surface area contributed by atoms with Gasteiger partial charge in [0.25, 0.3) is 0 Å². The Kier molecular flexibility index (Phi) is 3.86. The molecule has 1 aliphatic rings. The fraction of sp³-hybridized carbons (Fsp3) is 0.353. The Morgan fingerprint density at radius 2 is 2.17 bits per heavy atom. The van der Waals surface area contributed by atoms with E-state index in [1.54, 1.807) is 29.3 Å². The second-order valence-electron chi connectivity index (χ2n) is 6.09. The van der Waals surface area contributed by atoms with Crippen LogP contribution in [0.3, 0.4) is 0 Å². The first-order chi connectivity index (χ1) is 11.7. The third-order valence-corrected chi connectivity index (χ3v) is 4.59. The van der Waals surface area contributed by atoms with Crippen LogP contribution in [0.4, 0.5) is 4.39 Å². The average Bonchev–Trinajstić information content (AvgIpc) is 3.30. The number of imidazole rings is 1. The molecular formula is C17H19FN6. The number of benzene rings is 1. The Balaban J connectivity index is 1.57. The van der Waals surface area contributed by atoms with Crippen molar-refractivity contribution in [3.05, 3.63) is 54.3 Å². The van der Waals surface area contributed by atoms with E-state index in [1.807, 2.05) is 13.1 Å². The lowest BCUT2D eigenvalue weighted by Crippen LogP contribution is -2.25. The van der Waals surface area contributed by atoms with Crippen molar-refractivity contribution in [3.63, 3.8) is 0 Å². The first-order valence-corrected chi connectivity index (χ1v) is 8.09. The molecule has 124 valence electrons. The van der Waals surface area contributed by atoms with Crippen molar-refractivity contribution in [1.82, 2.24) is 29.6 Å². The number of H-pyrrole nitrogens is 1. The summed E-state index contributed by atoms with van der Waals surface area (Å²) in [6.45, 7) is 1.73. The third kappa shape index (κ3) is 2.71. The van der Waals surface area contributed by atoms with E-state index >= 15 is 0 Å². The van der Waals surface area contributed by atoms with Crippen LogP contribution in [-0.2, 0) is 13.6 Å². The molecular weight excluding hydrogens is 307 g/mol. The molecule has 1 aliphatic heterocycles. The van der Waals surface area contributed by atoms with Gasteiger partial charge in [-0.15, -0.1) is 0 Å². The molecule has 0 bridgehead atoms. The molecule has 1 unspecified atom stereocenters. The number of likely N-dealkylation sites (tertiary alicyclic amines) is 1. The van der Waals surface area contributed by atoms with Crippen LogP contribution in [0.2, 0.25) is 0 Å². The number of halogens is 1. The summed E-state index contributed by atoms with van der Waals surface area (Å²) in [5.41, 5.74) is 1.27. The molecule has 1 atom stereocenters. The van der Waals surface area contributed by atoms with Gasteiger partial charge < -0.3 is 4.98 Å². The molecule has 24 heavy (non-hydrogen) atoms. The summed E-state index contributed by atoms with van der Waals surface area (Å²) in [5, 5.41) is 4.12. The van der Waals surface area contributed by atoms with Crippen molar-refractivity contribution >= 4 is 0 Å². The Labute approximate surface area is 139 Å². The molecule has 4 rings (SSSR count). The Morgan fingerprint density at radius 1 is 1.29 bits per heavy atom. The summed E-state index contributed by atoms with van der Waals surface area (Å²) in [4.78, 5) is 14.5. The normalized spacial score (nSPS) is 18.3. The zero-order valence-corrected chi connectivity index (χ0v) is 13.5. The molecule has 1 fully saturated rings. The maximum Gasteiger partial charge on any atom is 0.140 e. The number of nitrogens with one attached hydrogen (secondary N) is 1. The smallest absolute Gasteiger partial charge is 0.140 e. The minimum Gasteiger partial charge on any atom is -0.341 e. The Hall–Kier alpha value is -2.54. The minimum atomic E-state index is -0.241. The summed E-state index contributed by atoms with van der Waals surface area (Å²) < 4.78 is 15.8. The molecule has 1 aromatic carbocycles. The van der Waals surface area contributed by atoms with E-state index in [-0.39, 0.29) is 11.9 Å². The van der Waals surface area contributed by atoms with E-state index in [4.69, 9.17) is 0 Å². The maximum absolute atomic E-state index is 14.0. The van der Waals surface area contributed by atoms with Gasteiger partial charge in [-0.25, -0.2) is 14.4 Å². The lowest BCUT2D eigenvalue weighted by atomic mass is 10.1. The topological polar surface area (TPSA) is 62.6 Å². The van der Waals surface area contributed by atoms with Crippen molar-refractivity contribution in [2.75, 3.05) is 6.54 Å². The summed E-state index contributed by atoms with van der Waals surface area (Å²) in [6, 6.07) is 6.94. The van der Waals surface area contributed by atoms with Crippen LogP contribution in [0.1, 0.15) is 30.5 Å². The number of rotatable bonds is 4. The molecule has 1 N–H and O–H groups in total. The standard InChI is InChI=1S/C17H19FN6/c1-23-16(20-11-21-23)10-24-8-4-7-15(24)17-19-9-14(22-17)12-5-2-3-6-13(12)18/h2-3,5-6,9,11,15H,4,7-8,10H2,1H3,(H,19,22). The number of aromatic amines is 1. The van der Waals surface area contributed by atoms with Crippen LogP contribution in [0.15, 0.2) is 36.8 Å². The van der Waals surface area contributed by atoms with Gasteiger partial charge in [0.1, 0.15) is 23.8 Å². The predicted octanol–water partition coefficient (Wildman–Crippen LogP) is 2.68. The van der Waals surface area contributed by atoms with Crippen molar-refractivity contribution < 1.29 is 4.39 Å². The number of aryl methyl sites for hydroxylation is 1. The highest BCUT2D eigenvalue weighted by Crippen LogP contribution is 2.32. The quantitative estimate of drug-likeness (QED) is 0.801. The van der Waals surface area contributed by atoms with Gasteiger partial charge in [0.05, 0.1) is 24.5 Å². The highest BCUT2D eigenvalue weighted by Gasteiger charge is 2.29. The second-order valence-corrected chi connectivity index (χ2v) is 6.09. The largest absolute Gasteiger partial charge is 0.341 e. The van der Waals surface area contributed by atoms with Crippen molar-refractivity contribution in [2.24, 2.45) is 7.05 Å². The second kappa shape index (κ2) is 6.16. The van der Waals surface area contributed by atoms with E-state index in [1.165, 1.54) is 6.07 Å². The van der Waals surface area contributed by atoms with E-state index in [0.29, 0.717) is 11.3 Å². The first kappa shape index (κ1) is 15.0. The van der Waals surface area contributed by atoms with Crippen molar-refractivity contribution in [3.8, 4) is 11.3 Å². The van der Waals surface area contributed by atoms with E-state index in [9.17, 15) is 4.39 Å². The van der Waals surface area contributed by atoms with Gasteiger partial charge in [-0.2, -0.15) is 5.10 Å². The van der Waals surface area contributed by atoms with Gasteiger partial charge >= 0.3 is 0 Å². The lowest BCUT2D eigenvalue weighted by molar-refractivity contribution is 0.231. The molecule has 0 saturated carbocycles. The monoisotopic (exact) mass is 326 g/mol. The van der Waals surface area contributed by atoms with Gasteiger partial charge in [0, 0.05) is 12.6 Å². The lowest BCUT2D eigenvalue weighted by Gasteiger charge is -2.22. The van der Waals surface area contributed by atoms with E-state index in [0.717, 1.165) is 37.6 Å². The summed E-state index contributed by atoms with van der Waals surface area (Å²) in [6.07, 6.45) is 5.43. The summed E-state index contributed by atoms with van der Waals surface area (Å²) in [5.74, 6) is 1.57. The Bertz CT molecular complexity index is 839. The zero-order valence-electron chi connectivity index (χ0n) is 13.5.